The Morgan fingerprint density at radius 2 is 1.81 bits per heavy atom. The highest BCUT2D eigenvalue weighted by Gasteiger charge is 2.95. The van der Waals surface area contributed by atoms with Crippen LogP contribution in [0.15, 0.2) is 23.3 Å². The molecule has 0 radical (unpaired) electrons. The molecule has 2 saturated carbocycles. The lowest BCUT2D eigenvalue weighted by Gasteiger charge is -2.42. The van der Waals surface area contributed by atoms with E-state index >= 15 is 0 Å². The summed E-state index contributed by atoms with van der Waals surface area (Å²) in [6.07, 6.45) is 10.7. The van der Waals surface area contributed by atoms with Gasteiger partial charge in [0.25, 0.3) is 0 Å². The molecule has 0 amide bonds. The molecule has 7 heteroatoms. The first-order valence-corrected chi connectivity index (χ1v) is 14.3. The Kier molecular flexibility index (Phi) is 6.38. The lowest BCUT2D eigenvalue weighted by atomic mass is 9.62. The molecule has 5 aliphatic rings. The molecule has 2 spiro atoms. The first-order valence-electron chi connectivity index (χ1n) is 14.3. The van der Waals surface area contributed by atoms with Crippen molar-refractivity contribution in [3.8, 4) is 0 Å². The van der Waals surface area contributed by atoms with Crippen LogP contribution in [0.25, 0.3) is 0 Å². The van der Waals surface area contributed by atoms with Gasteiger partial charge in [0.15, 0.2) is 17.0 Å². The molecule has 8 atom stereocenters. The van der Waals surface area contributed by atoms with Crippen molar-refractivity contribution in [2.45, 2.75) is 121 Å². The van der Waals surface area contributed by atoms with E-state index in [9.17, 15) is 24.9 Å². The fraction of sp³-hybridized carbons (Fsp3) is 0.800. The van der Waals surface area contributed by atoms with Gasteiger partial charge in [-0.1, -0.05) is 72.3 Å². The van der Waals surface area contributed by atoms with Gasteiger partial charge in [-0.2, -0.15) is 0 Å². The van der Waals surface area contributed by atoms with Crippen molar-refractivity contribution in [3.63, 3.8) is 0 Å². The summed E-state index contributed by atoms with van der Waals surface area (Å²) in [4.78, 5) is 26.2. The Morgan fingerprint density at radius 3 is 2.46 bits per heavy atom. The number of carbonyl (C=O) groups excluding carboxylic acids is 2. The Hall–Kier alpha value is -1.54. The lowest BCUT2D eigenvalue weighted by Crippen LogP contribution is -2.60. The van der Waals surface area contributed by atoms with Crippen molar-refractivity contribution in [2.24, 2.45) is 23.2 Å². The van der Waals surface area contributed by atoms with E-state index in [-0.39, 0.29) is 36.6 Å². The fourth-order valence-electron chi connectivity index (χ4n) is 8.66. The minimum Gasteiger partial charge on any atom is -0.455 e. The highest BCUT2D eigenvalue weighted by molar-refractivity contribution is 6.07. The number of Topliss-reactive ketones (excluding diaryl/α,β-unsaturated/α-hetero) is 1. The van der Waals surface area contributed by atoms with Crippen LogP contribution in [0.3, 0.4) is 0 Å². The van der Waals surface area contributed by atoms with E-state index in [1.54, 1.807) is 13.0 Å². The Balaban J connectivity index is 1.40. The molecule has 3 N–H and O–H groups in total. The topological polar surface area (TPSA) is 117 Å². The number of fused-ring (bicyclic) bond motifs is 2. The molecular weight excluding hydrogens is 472 g/mol. The predicted molar refractivity (Wildman–Crippen MR) is 137 cm³/mol. The zero-order valence-corrected chi connectivity index (χ0v) is 23.0. The van der Waals surface area contributed by atoms with Gasteiger partial charge in [0, 0.05) is 36.0 Å². The van der Waals surface area contributed by atoms with E-state index in [4.69, 9.17) is 9.47 Å². The molecule has 37 heavy (non-hydrogen) atoms. The smallest absolute Gasteiger partial charge is 0.306 e. The van der Waals surface area contributed by atoms with Crippen molar-refractivity contribution >= 4 is 11.8 Å². The molecule has 0 aromatic heterocycles. The van der Waals surface area contributed by atoms with Gasteiger partial charge in [-0.15, -0.1) is 0 Å². The highest BCUT2D eigenvalue weighted by Crippen LogP contribution is 2.82. The van der Waals surface area contributed by atoms with E-state index in [2.05, 4.69) is 6.92 Å². The van der Waals surface area contributed by atoms with E-state index in [0.717, 1.165) is 19.3 Å². The molecular formula is C30H44O7. The van der Waals surface area contributed by atoms with Crippen molar-refractivity contribution in [3.05, 3.63) is 23.3 Å². The average molecular weight is 517 g/mol. The zero-order chi connectivity index (χ0) is 27.0. The van der Waals surface area contributed by atoms with Gasteiger partial charge < -0.3 is 24.8 Å². The van der Waals surface area contributed by atoms with E-state index < -0.39 is 39.8 Å². The molecule has 0 aromatic carbocycles. The number of ketones is 1. The summed E-state index contributed by atoms with van der Waals surface area (Å²) in [6, 6.07) is 0. The number of esters is 1. The monoisotopic (exact) mass is 516 g/mol. The summed E-state index contributed by atoms with van der Waals surface area (Å²) in [5.74, 6) is -1.80. The number of aliphatic hydroxyl groups excluding tert-OH is 2. The van der Waals surface area contributed by atoms with Crippen LogP contribution >= 0.6 is 0 Å². The standard InChI is InChI=1S/C30H44O7/c1-6-7-8-9-10-11-12-13-22(32)36-30-23(26(30,4)5)21-14-20(17-31)16-27(35)24(33)18(2)15-28(27)29(21,37-28)19(3)25(30)34/h14-15,19,21,23,25,31,34-35H,6-13,16-17H2,1-5H3/t19-,21+,23-,25-,27+,28+,29-,30-/m1/s1. The summed E-state index contributed by atoms with van der Waals surface area (Å²) < 4.78 is 12.7. The minimum absolute atomic E-state index is 0.0184. The van der Waals surface area contributed by atoms with Gasteiger partial charge in [-0.3, -0.25) is 9.59 Å². The number of rotatable bonds is 10. The number of hydrogen-bond donors (Lipinski definition) is 3. The van der Waals surface area contributed by atoms with Crippen molar-refractivity contribution in [1.82, 2.24) is 0 Å². The lowest BCUT2D eigenvalue weighted by molar-refractivity contribution is -0.176. The van der Waals surface area contributed by atoms with E-state index in [1.807, 2.05) is 26.8 Å². The summed E-state index contributed by atoms with van der Waals surface area (Å²) in [7, 11) is 0. The first-order chi connectivity index (χ1) is 17.4. The second kappa shape index (κ2) is 8.73. The zero-order valence-electron chi connectivity index (χ0n) is 23.0. The van der Waals surface area contributed by atoms with Crippen LogP contribution in [0.1, 0.15) is 92.4 Å². The maximum Gasteiger partial charge on any atom is 0.306 e. The molecule has 3 fully saturated rings. The second-order valence-corrected chi connectivity index (χ2v) is 12.9. The molecule has 1 saturated heterocycles. The summed E-state index contributed by atoms with van der Waals surface area (Å²) in [6.45, 7) is 9.47. The number of carbonyl (C=O) groups is 2. The normalized spacial score (nSPS) is 44.5. The summed E-state index contributed by atoms with van der Waals surface area (Å²) >= 11 is 0. The number of aliphatic hydroxyl groups is 3. The third-order valence-electron chi connectivity index (χ3n) is 10.6. The van der Waals surface area contributed by atoms with Gasteiger partial charge in [-0.25, -0.2) is 0 Å². The number of hydrogen-bond acceptors (Lipinski definition) is 7. The molecule has 0 bridgehead atoms. The highest BCUT2D eigenvalue weighted by atomic mass is 16.7. The molecule has 0 unspecified atom stereocenters. The first kappa shape index (κ1) is 27.0. The van der Waals surface area contributed by atoms with Crippen LogP contribution in [0.5, 0.6) is 0 Å². The third kappa shape index (κ3) is 3.26. The van der Waals surface area contributed by atoms with Crippen molar-refractivity contribution in [2.75, 3.05) is 6.61 Å². The number of unbranched alkanes of at least 4 members (excludes halogenated alkanes) is 6. The molecule has 1 heterocycles. The molecule has 5 rings (SSSR count). The predicted octanol–water partition coefficient (Wildman–Crippen LogP) is 3.78. The molecule has 206 valence electrons. The summed E-state index contributed by atoms with van der Waals surface area (Å²) in [5.41, 5.74) is -4.70. The SMILES string of the molecule is CCCCCCCCCC(=O)O[C@@]12[C@H](O)[C@@H](C)[C@]34O[C@]35C=C(C)C(=O)[C@@]5(O)CC(CO)=C[C@H]4[C@@H]1C2(C)C. The maximum absolute atomic E-state index is 13.2. The van der Waals surface area contributed by atoms with Gasteiger partial charge in [-0.05, 0) is 30.6 Å². The fourth-order valence-corrected chi connectivity index (χ4v) is 8.66. The Labute approximate surface area is 220 Å². The van der Waals surface area contributed by atoms with E-state index in [1.165, 1.54) is 25.7 Å². The molecule has 1 aliphatic heterocycles. The minimum atomic E-state index is -1.82. The number of ether oxygens (including phenoxy) is 2. The Morgan fingerprint density at radius 1 is 1.16 bits per heavy atom. The van der Waals surface area contributed by atoms with Gasteiger partial charge in [0.05, 0.1) is 6.61 Å². The van der Waals surface area contributed by atoms with Gasteiger partial charge in [0.1, 0.15) is 17.3 Å². The molecule has 0 aromatic rings. The average Bonchev–Trinajstić information content (AvgIpc) is 3.65. The quantitative estimate of drug-likeness (QED) is 0.175. The van der Waals surface area contributed by atoms with Crippen LogP contribution in [0, 0.1) is 23.2 Å². The van der Waals surface area contributed by atoms with Gasteiger partial charge >= 0.3 is 5.97 Å². The molecule has 7 nitrogen and oxygen atoms in total. The van der Waals surface area contributed by atoms with Crippen molar-refractivity contribution in [1.29, 1.82) is 0 Å². The van der Waals surface area contributed by atoms with Gasteiger partial charge in [0.2, 0.25) is 0 Å². The third-order valence-corrected chi connectivity index (χ3v) is 10.6. The maximum atomic E-state index is 13.2. The second-order valence-electron chi connectivity index (χ2n) is 12.9. The van der Waals surface area contributed by atoms with Crippen LogP contribution < -0.4 is 0 Å². The number of epoxide rings is 1. The van der Waals surface area contributed by atoms with Crippen molar-refractivity contribution < 1.29 is 34.4 Å². The van der Waals surface area contributed by atoms with Crippen LogP contribution in [-0.4, -0.2) is 62.2 Å². The molecule has 4 aliphatic carbocycles. The summed E-state index contributed by atoms with van der Waals surface area (Å²) in [5, 5.41) is 33.7. The van der Waals surface area contributed by atoms with Crippen LogP contribution in [-0.2, 0) is 19.1 Å². The largest absolute Gasteiger partial charge is 0.455 e. The van der Waals surface area contributed by atoms with Crippen LogP contribution in [0.4, 0.5) is 0 Å². The Bertz CT molecular complexity index is 1040. The van der Waals surface area contributed by atoms with Crippen LogP contribution in [0.2, 0.25) is 0 Å². The van der Waals surface area contributed by atoms with E-state index in [0.29, 0.717) is 17.6 Å².